The van der Waals surface area contributed by atoms with E-state index in [4.69, 9.17) is 5.73 Å². The average molecular weight is 351 g/mol. The monoisotopic (exact) mass is 351 g/mol. The third-order valence-electron chi connectivity index (χ3n) is 2.62. The van der Waals surface area contributed by atoms with E-state index < -0.39 is 11.7 Å². The van der Waals surface area contributed by atoms with Crippen molar-refractivity contribution in [3.8, 4) is 0 Å². The second-order valence-corrected chi connectivity index (χ2v) is 7.37. The highest BCUT2D eigenvalue weighted by Gasteiger charge is 2.30. The Kier molecular flexibility index (Phi) is 5.53. The maximum Gasteiger partial charge on any atom is 0.416 e. The minimum atomic E-state index is -4.32. The molecule has 0 aliphatic rings. The molecule has 2 rings (SSSR count). The van der Waals surface area contributed by atoms with Crippen LogP contribution in [0.4, 0.5) is 13.2 Å². The summed E-state index contributed by atoms with van der Waals surface area (Å²) in [4.78, 5) is 0. The van der Waals surface area contributed by atoms with Crippen molar-refractivity contribution in [2.45, 2.75) is 20.9 Å². The highest BCUT2D eigenvalue weighted by atomic mass is 32.2. The van der Waals surface area contributed by atoms with Gasteiger partial charge in [0.15, 0.2) is 8.68 Å². The Morgan fingerprint density at radius 1 is 1.19 bits per heavy atom. The standard InChI is InChI=1S/C12H12F3N3S3/c1-19-10-17-18-11(21-10)20-6-9(16)7-2-4-8(5-3-7)12(13,14)15/h2-5,9H,6,16H2,1H3. The number of nitrogens with two attached hydrogens (primary N) is 1. The quantitative estimate of drug-likeness (QED) is 0.823. The maximum atomic E-state index is 12.5. The van der Waals surface area contributed by atoms with Gasteiger partial charge in [-0.3, -0.25) is 0 Å². The number of nitrogens with zero attached hydrogens (tertiary/aromatic N) is 2. The Hall–Kier alpha value is -0.770. The van der Waals surface area contributed by atoms with Crippen LogP contribution in [0.3, 0.4) is 0 Å². The molecule has 0 fully saturated rings. The lowest BCUT2D eigenvalue weighted by Gasteiger charge is -2.12. The zero-order valence-electron chi connectivity index (χ0n) is 10.9. The zero-order chi connectivity index (χ0) is 15.5. The van der Waals surface area contributed by atoms with Crippen molar-refractivity contribution >= 4 is 34.9 Å². The van der Waals surface area contributed by atoms with Crippen LogP contribution in [0.1, 0.15) is 17.2 Å². The minimum absolute atomic E-state index is 0.348. The smallest absolute Gasteiger partial charge is 0.323 e. The molecule has 1 atom stereocenters. The molecule has 0 saturated carbocycles. The van der Waals surface area contributed by atoms with Crippen LogP contribution in [-0.4, -0.2) is 22.2 Å². The van der Waals surface area contributed by atoms with Crippen molar-refractivity contribution in [3.05, 3.63) is 35.4 Å². The summed E-state index contributed by atoms with van der Waals surface area (Å²) in [5.74, 6) is 0.536. The van der Waals surface area contributed by atoms with Gasteiger partial charge >= 0.3 is 6.18 Å². The van der Waals surface area contributed by atoms with Gasteiger partial charge in [0.2, 0.25) is 0 Å². The molecule has 0 aliphatic carbocycles. The Morgan fingerprint density at radius 3 is 2.33 bits per heavy atom. The molecule has 1 aromatic carbocycles. The van der Waals surface area contributed by atoms with E-state index in [1.165, 1.54) is 47.0 Å². The van der Waals surface area contributed by atoms with Gasteiger partial charge < -0.3 is 5.73 Å². The zero-order valence-corrected chi connectivity index (χ0v) is 13.4. The maximum absolute atomic E-state index is 12.5. The summed E-state index contributed by atoms with van der Waals surface area (Å²) in [7, 11) is 0. The third kappa shape index (κ3) is 4.60. The Bertz CT molecular complexity index is 583. The molecular weight excluding hydrogens is 339 g/mol. The highest BCUT2D eigenvalue weighted by molar-refractivity contribution is 8.02. The molecule has 114 valence electrons. The van der Waals surface area contributed by atoms with E-state index in [9.17, 15) is 13.2 Å². The van der Waals surface area contributed by atoms with E-state index >= 15 is 0 Å². The van der Waals surface area contributed by atoms with Gasteiger partial charge in [-0.15, -0.1) is 10.2 Å². The van der Waals surface area contributed by atoms with E-state index in [2.05, 4.69) is 10.2 Å². The van der Waals surface area contributed by atoms with Crippen LogP contribution in [0.25, 0.3) is 0 Å². The summed E-state index contributed by atoms with van der Waals surface area (Å²) in [5.41, 5.74) is 6.00. The fourth-order valence-corrected chi connectivity index (χ4v) is 3.97. The minimum Gasteiger partial charge on any atom is -0.323 e. The number of thioether (sulfide) groups is 2. The molecule has 1 unspecified atom stereocenters. The van der Waals surface area contributed by atoms with E-state index in [0.29, 0.717) is 11.3 Å². The lowest BCUT2D eigenvalue weighted by Crippen LogP contribution is -2.13. The van der Waals surface area contributed by atoms with Crippen LogP contribution in [0.5, 0.6) is 0 Å². The molecule has 9 heteroatoms. The second kappa shape index (κ2) is 6.99. The second-order valence-electron chi connectivity index (χ2n) is 4.08. The first kappa shape index (κ1) is 16.6. The average Bonchev–Trinajstić information content (AvgIpc) is 2.92. The summed E-state index contributed by atoms with van der Waals surface area (Å²) < 4.78 is 39.1. The normalized spacial score (nSPS) is 13.4. The van der Waals surface area contributed by atoms with Crippen LogP contribution < -0.4 is 5.73 Å². The molecule has 0 radical (unpaired) electrons. The van der Waals surface area contributed by atoms with Crippen molar-refractivity contribution in [1.29, 1.82) is 0 Å². The fourth-order valence-electron chi connectivity index (χ4n) is 1.51. The molecule has 2 aromatic rings. The van der Waals surface area contributed by atoms with Crippen LogP contribution in [-0.2, 0) is 6.18 Å². The molecule has 0 spiro atoms. The Balaban J connectivity index is 1.95. The van der Waals surface area contributed by atoms with Crippen molar-refractivity contribution < 1.29 is 13.2 Å². The molecule has 1 heterocycles. The van der Waals surface area contributed by atoms with Crippen molar-refractivity contribution in [1.82, 2.24) is 10.2 Å². The molecule has 0 saturated heterocycles. The summed E-state index contributed by atoms with van der Waals surface area (Å²) in [6, 6.07) is 4.59. The van der Waals surface area contributed by atoms with Gasteiger partial charge in [0.1, 0.15) is 0 Å². The number of benzene rings is 1. The molecule has 3 nitrogen and oxygen atoms in total. The largest absolute Gasteiger partial charge is 0.416 e. The molecule has 0 aliphatic heterocycles. The Labute approximate surface area is 132 Å². The lowest BCUT2D eigenvalue weighted by molar-refractivity contribution is -0.137. The number of alkyl halides is 3. The van der Waals surface area contributed by atoms with Gasteiger partial charge in [-0.1, -0.05) is 47.0 Å². The van der Waals surface area contributed by atoms with Crippen molar-refractivity contribution in [3.63, 3.8) is 0 Å². The highest BCUT2D eigenvalue weighted by Crippen LogP contribution is 2.32. The van der Waals surface area contributed by atoms with Crippen molar-refractivity contribution in [2.24, 2.45) is 5.73 Å². The van der Waals surface area contributed by atoms with Gasteiger partial charge in [0.05, 0.1) is 5.56 Å². The van der Waals surface area contributed by atoms with E-state index in [-0.39, 0.29) is 6.04 Å². The molecule has 0 bridgehead atoms. The first-order valence-corrected chi connectivity index (χ1v) is 8.86. The summed E-state index contributed by atoms with van der Waals surface area (Å²) in [5, 5.41) is 7.97. The first-order valence-electron chi connectivity index (χ1n) is 5.83. The molecule has 21 heavy (non-hydrogen) atoms. The molecule has 2 N–H and O–H groups in total. The summed E-state index contributed by atoms with van der Waals surface area (Å²) >= 11 is 4.45. The topological polar surface area (TPSA) is 51.8 Å². The number of aromatic nitrogens is 2. The number of hydrogen-bond donors (Lipinski definition) is 1. The van der Waals surface area contributed by atoms with Crippen LogP contribution in [0.15, 0.2) is 32.9 Å². The summed E-state index contributed by atoms with van der Waals surface area (Å²) in [6.45, 7) is 0. The van der Waals surface area contributed by atoms with Crippen LogP contribution in [0.2, 0.25) is 0 Å². The van der Waals surface area contributed by atoms with Gasteiger partial charge in [-0.2, -0.15) is 13.2 Å². The van der Waals surface area contributed by atoms with Crippen LogP contribution in [0, 0.1) is 0 Å². The van der Waals surface area contributed by atoms with E-state index in [1.54, 1.807) is 0 Å². The predicted octanol–water partition coefficient (Wildman–Crippen LogP) is 4.07. The fraction of sp³-hybridized carbons (Fsp3) is 0.333. The van der Waals surface area contributed by atoms with Crippen molar-refractivity contribution in [2.75, 3.05) is 12.0 Å². The predicted molar refractivity (Wildman–Crippen MR) is 80.8 cm³/mol. The molecule has 1 aromatic heterocycles. The SMILES string of the molecule is CSc1nnc(SCC(N)c2ccc(C(F)(F)F)cc2)s1. The Morgan fingerprint density at radius 2 is 1.81 bits per heavy atom. The number of halogens is 3. The van der Waals surface area contributed by atoms with Gasteiger partial charge in [0.25, 0.3) is 0 Å². The first-order chi connectivity index (χ1) is 9.90. The van der Waals surface area contributed by atoms with Gasteiger partial charge in [-0.05, 0) is 24.0 Å². The van der Waals surface area contributed by atoms with Crippen LogP contribution >= 0.6 is 34.9 Å². The van der Waals surface area contributed by atoms with Gasteiger partial charge in [0, 0.05) is 11.8 Å². The van der Waals surface area contributed by atoms with Gasteiger partial charge in [-0.25, -0.2) is 0 Å². The molecule has 0 amide bonds. The number of rotatable bonds is 5. The number of hydrogen-bond acceptors (Lipinski definition) is 6. The summed E-state index contributed by atoms with van der Waals surface area (Å²) in [6.07, 6.45) is -2.40. The third-order valence-corrected chi connectivity index (χ3v) is 5.77. The lowest BCUT2D eigenvalue weighted by atomic mass is 10.1. The van der Waals surface area contributed by atoms with E-state index in [1.807, 2.05) is 6.26 Å². The molecular formula is C12H12F3N3S3. The van der Waals surface area contributed by atoms with E-state index in [0.717, 1.165) is 20.8 Å².